The standard InChI is InChI=1S/C8H14N4OS/c9-7-11-8(14-12-7)10-5-3-1-2-4-6(5)13/h5-6,13H,1-4H2,(H3,9,10,11,12). The van der Waals surface area contributed by atoms with Crippen LogP contribution in [0.25, 0.3) is 0 Å². The maximum absolute atomic E-state index is 9.70. The molecule has 2 atom stereocenters. The van der Waals surface area contributed by atoms with Gasteiger partial charge in [0.05, 0.1) is 12.1 Å². The van der Waals surface area contributed by atoms with Crippen LogP contribution in [0.3, 0.4) is 0 Å². The summed E-state index contributed by atoms with van der Waals surface area (Å²) in [6, 6.07) is 0.107. The van der Waals surface area contributed by atoms with Crippen molar-refractivity contribution in [2.24, 2.45) is 0 Å². The minimum Gasteiger partial charge on any atom is -0.391 e. The second-order valence-electron chi connectivity index (χ2n) is 3.56. The molecule has 0 radical (unpaired) electrons. The molecule has 0 aromatic carbocycles. The number of hydrogen-bond acceptors (Lipinski definition) is 6. The molecular weight excluding hydrogens is 200 g/mol. The Morgan fingerprint density at radius 1 is 1.43 bits per heavy atom. The third-order valence-electron chi connectivity index (χ3n) is 2.48. The fourth-order valence-corrected chi connectivity index (χ4v) is 2.29. The molecule has 78 valence electrons. The lowest BCUT2D eigenvalue weighted by Gasteiger charge is -2.27. The van der Waals surface area contributed by atoms with E-state index < -0.39 is 0 Å². The molecule has 1 aliphatic rings. The van der Waals surface area contributed by atoms with Crippen LogP contribution >= 0.6 is 11.5 Å². The molecule has 2 rings (SSSR count). The number of rotatable bonds is 2. The van der Waals surface area contributed by atoms with Gasteiger partial charge < -0.3 is 16.2 Å². The molecule has 1 aromatic heterocycles. The predicted octanol–water partition coefficient (Wildman–Crippen LogP) is 0.836. The Labute approximate surface area is 86.5 Å². The van der Waals surface area contributed by atoms with Gasteiger partial charge in [-0.25, -0.2) is 0 Å². The number of aliphatic hydroxyl groups excluding tert-OH is 1. The minimum absolute atomic E-state index is 0.107. The third-order valence-corrected chi connectivity index (χ3v) is 3.14. The highest BCUT2D eigenvalue weighted by atomic mass is 32.1. The molecule has 1 heterocycles. The molecule has 6 heteroatoms. The first-order valence-corrected chi connectivity index (χ1v) is 5.57. The summed E-state index contributed by atoms with van der Waals surface area (Å²) in [4.78, 5) is 4.00. The van der Waals surface area contributed by atoms with Crippen molar-refractivity contribution in [3.05, 3.63) is 0 Å². The first kappa shape index (κ1) is 9.67. The number of aliphatic hydroxyl groups is 1. The normalized spacial score (nSPS) is 27.5. The molecule has 1 fully saturated rings. The third kappa shape index (κ3) is 2.13. The highest BCUT2D eigenvalue weighted by Gasteiger charge is 2.23. The van der Waals surface area contributed by atoms with Crippen LogP contribution in [-0.4, -0.2) is 26.6 Å². The van der Waals surface area contributed by atoms with Crippen molar-refractivity contribution in [3.63, 3.8) is 0 Å². The van der Waals surface area contributed by atoms with Crippen LogP contribution in [-0.2, 0) is 0 Å². The zero-order valence-electron chi connectivity index (χ0n) is 7.81. The molecule has 4 N–H and O–H groups in total. The van der Waals surface area contributed by atoms with E-state index in [0.29, 0.717) is 11.1 Å². The van der Waals surface area contributed by atoms with Gasteiger partial charge in [-0.1, -0.05) is 12.8 Å². The number of nitrogens with two attached hydrogens (primary N) is 1. The molecule has 5 nitrogen and oxygen atoms in total. The lowest BCUT2D eigenvalue weighted by molar-refractivity contribution is 0.116. The van der Waals surface area contributed by atoms with Crippen molar-refractivity contribution in [2.75, 3.05) is 11.1 Å². The number of nitrogens with zero attached hydrogens (tertiary/aromatic N) is 2. The highest BCUT2D eigenvalue weighted by molar-refractivity contribution is 7.09. The Kier molecular flexibility index (Phi) is 2.83. The summed E-state index contributed by atoms with van der Waals surface area (Å²) in [6.07, 6.45) is 3.85. The summed E-state index contributed by atoms with van der Waals surface area (Å²) in [5, 5.41) is 13.6. The van der Waals surface area contributed by atoms with Crippen LogP contribution in [0.15, 0.2) is 0 Å². The van der Waals surface area contributed by atoms with Crippen molar-refractivity contribution < 1.29 is 5.11 Å². The van der Waals surface area contributed by atoms with Gasteiger partial charge in [-0.2, -0.15) is 9.36 Å². The highest BCUT2D eigenvalue weighted by Crippen LogP contribution is 2.23. The van der Waals surface area contributed by atoms with Crippen molar-refractivity contribution in [1.29, 1.82) is 0 Å². The number of nitrogen functional groups attached to an aromatic ring is 1. The van der Waals surface area contributed by atoms with E-state index in [1.165, 1.54) is 11.5 Å². The van der Waals surface area contributed by atoms with Gasteiger partial charge >= 0.3 is 0 Å². The number of aromatic nitrogens is 2. The fourth-order valence-electron chi connectivity index (χ4n) is 1.73. The topological polar surface area (TPSA) is 84.1 Å². The Balaban J connectivity index is 1.95. The summed E-state index contributed by atoms with van der Waals surface area (Å²) < 4.78 is 3.87. The number of nitrogens with one attached hydrogen (secondary N) is 1. The Morgan fingerprint density at radius 2 is 2.21 bits per heavy atom. The van der Waals surface area contributed by atoms with E-state index in [9.17, 15) is 5.11 Å². The Bertz CT molecular complexity index is 303. The van der Waals surface area contributed by atoms with Crippen molar-refractivity contribution in [3.8, 4) is 0 Å². The van der Waals surface area contributed by atoms with E-state index in [1.54, 1.807) is 0 Å². The first-order valence-electron chi connectivity index (χ1n) is 4.79. The van der Waals surface area contributed by atoms with Crippen molar-refractivity contribution in [1.82, 2.24) is 9.36 Å². The van der Waals surface area contributed by atoms with Crippen LogP contribution in [0.4, 0.5) is 11.1 Å². The molecule has 0 bridgehead atoms. The van der Waals surface area contributed by atoms with Crippen LogP contribution < -0.4 is 11.1 Å². The summed E-state index contributed by atoms with van der Waals surface area (Å²) in [5.41, 5.74) is 5.40. The molecule has 0 spiro atoms. The van der Waals surface area contributed by atoms with Crippen LogP contribution in [0.1, 0.15) is 25.7 Å². The predicted molar refractivity (Wildman–Crippen MR) is 56.2 cm³/mol. The van der Waals surface area contributed by atoms with Gasteiger partial charge in [-0.05, 0) is 12.8 Å². The molecule has 1 aliphatic carbocycles. The zero-order chi connectivity index (χ0) is 9.97. The average molecular weight is 214 g/mol. The molecule has 1 saturated carbocycles. The van der Waals surface area contributed by atoms with Gasteiger partial charge in [0.25, 0.3) is 0 Å². The maximum atomic E-state index is 9.70. The van der Waals surface area contributed by atoms with Gasteiger partial charge in [0.15, 0.2) is 0 Å². The molecule has 0 saturated heterocycles. The quantitative estimate of drug-likeness (QED) is 0.679. The van der Waals surface area contributed by atoms with E-state index in [4.69, 9.17) is 5.73 Å². The van der Waals surface area contributed by atoms with E-state index in [0.717, 1.165) is 25.7 Å². The Morgan fingerprint density at radius 3 is 2.86 bits per heavy atom. The van der Waals surface area contributed by atoms with E-state index in [2.05, 4.69) is 14.7 Å². The van der Waals surface area contributed by atoms with Crippen molar-refractivity contribution in [2.45, 2.75) is 37.8 Å². The van der Waals surface area contributed by atoms with Crippen LogP contribution in [0.2, 0.25) is 0 Å². The first-order chi connectivity index (χ1) is 6.75. The summed E-state index contributed by atoms with van der Waals surface area (Å²) in [6.45, 7) is 0. The molecule has 14 heavy (non-hydrogen) atoms. The van der Waals surface area contributed by atoms with Crippen molar-refractivity contribution >= 4 is 22.6 Å². The largest absolute Gasteiger partial charge is 0.391 e. The van der Waals surface area contributed by atoms with Gasteiger partial charge in [0, 0.05) is 11.5 Å². The molecule has 2 unspecified atom stereocenters. The van der Waals surface area contributed by atoms with Gasteiger partial charge in [-0.15, -0.1) is 0 Å². The van der Waals surface area contributed by atoms with Gasteiger partial charge in [-0.3, -0.25) is 0 Å². The second kappa shape index (κ2) is 4.10. The molecule has 1 aromatic rings. The van der Waals surface area contributed by atoms with Gasteiger partial charge in [0.1, 0.15) is 0 Å². The monoisotopic (exact) mass is 214 g/mol. The number of hydrogen-bond donors (Lipinski definition) is 3. The van der Waals surface area contributed by atoms with Crippen LogP contribution in [0.5, 0.6) is 0 Å². The van der Waals surface area contributed by atoms with Crippen LogP contribution in [0, 0.1) is 0 Å². The molecule has 0 amide bonds. The lowest BCUT2D eigenvalue weighted by Crippen LogP contribution is -2.36. The minimum atomic E-state index is -0.270. The van der Waals surface area contributed by atoms with Gasteiger partial charge in [0.2, 0.25) is 11.1 Å². The number of anilines is 2. The average Bonchev–Trinajstić information content (AvgIpc) is 2.56. The SMILES string of the molecule is Nc1nsc(NC2CCCCC2O)n1. The zero-order valence-corrected chi connectivity index (χ0v) is 8.63. The second-order valence-corrected chi connectivity index (χ2v) is 4.31. The summed E-state index contributed by atoms with van der Waals surface area (Å²) in [5.74, 6) is 0.294. The molecular formula is C8H14N4OS. The smallest absolute Gasteiger partial charge is 0.233 e. The fraction of sp³-hybridized carbons (Fsp3) is 0.750. The summed E-state index contributed by atoms with van der Waals surface area (Å²) >= 11 is 1.24. The lowest BCUT2D eigenvalue weighted by atomic mass is 9.93. The van der Waals surface area contributed by atoms with E-state index >= 15 is 0 Å². The molecule has 0 aliphatic heterocycles. The maximum Gasteiger partial charge on any atom is 0.233 e. The Hall–Kier alpha value is -0.880. The van der Waals surface area contributed by atoms with E-state index in [1.807, 2.05) is 0 Å². The summed E-state index contributed by atoms with van der Waals surface area (Å²) in [7, 11) is 0. The van der Waals surface area contributed by atoms with E-state index in [-0.39, 0.29) is 12.1 Å².